The SMILES string of the molecule is CC[C@@H](N)Cn1nc(-c2ccoc2C)oc1=O. The first kappa shape index (κ1) is 11.7. The third-order valence-electron chi connectivity index (χ3n) is 2.63. The van der Waals surface area contributed by atoms with Gasteiger partial charge in [0.25, 0.3) is 5.89 Å². The Morgan fingerprint density at radius 1 is 1.59 bits per heavy atom. The average Bonchev–Trinajstić information content (AvgIpc) is 2.86. The summed E-state index contributed by atoms with van der Waals surface area (Å²) in [6.45, 7) is 4.10. The molecule has 0 unspecified atom stereocenters. The molecule has 0 bridgehead atoms. The monoisotopic (exact) mass is 237 g/mol. The predicted molar refractivity (Wildman–Crippen MR) is 61.5 cm³/mol. The topological polar surface area (TPSA) is 87.2 Å². The standard InChI is InChI=1S/C11H15N3O3/c1-3-8(12)6-14-11(15)17-10(13-14)9-4-5-16-7(9)2/h4-5,8H,3,6,12H2,1-2H3/t8-/m1/s1. The van der Waals surface area contributed by atoms with E-state index in [4.69, 9.17) is 14.6 Å². The first-order chi connectivity index (χ1) is 8.11. The second-order valence-corrected chi connectivity index (χ2v) is 3.91. The van der Waals surface area contributed by atoms with Crippen molar-refractivity contribution in [3.63, 3.8) is 0 Å². The molecule has 0 radical (unpaired) electrons. The molecule has 0 aliphatic rings. The van der Waals surface area contributed by atoms with Crippen molar-refractivity contribution < 1.29 is 8.83 Å². The van der Waals surface area contributed by atoms with Crippen LogP contribution >= 0.6 is 0 Å². The van der Waals surface area contributed by atoms with Gasteiger partial charge in [-0.15, -0.1) is 5.10 Å². The lowest BCUT2D eigenvalue weighted by molar-refractivity contribution is 0.444. The molecule has 2 N–H and O–H groups in total. The van der Waals surface area contributed by atoms with Crippen LogP contribution in [0, 0.1) is 6.92 Å². The molecule has 0 amide bonds. The maximum atomic E-state index is 11.5. The van der Waals surface area contributed by atoms with Crippen LogP contribution in [0.5, 0.6) is 0 Å². The Bertz CT molecular complexity index is 552. The molecule has 2 rings (SSSR count). The van der Waals surface area contributed by atoms with E-state index >= 15 is 0 Å². The van der Waals surface area contributed by atoms with Gasteiger partial charge in [0.05, 0.1) is 18.4 Å². The van der Waals surface area contributed by atoms with E-state index in [0.29, 0.717) is 17.9 Å². The van der Waals surface area contributed by atoms with Crippen LogP contribution < -0.4 is 11.5 Å². The number of aryl methyl sites for hydroxylation is 1. The summed E-state index contributed by atoms with van der Waals surface area (Å²) in [6.07, 6.45) is 2.31. The highest BCUT2D eigenvalue weighted by Gasteiger charge is 2.15. The molecule has 0 aliphatic carbocycles. The van der Waals surface area contributed by atoms with Crippen LogP contribution in [0.4, 0.5) is 0 Å². The van der Waals surface area contributed by atoms with Gasteiger partial charge in [-0.05, 0) is 19.4 Å². The van der Waals surface area contributed by atoms with Crippen molar-refractivity contribution in [2.75, 3.05) is 0 Å². The fourth-order valence-corrected chi connectivity index (χ4v) is 1.49. The highest BCUT2D eigenvalue weighted by Crippen LogP contribution is 2.20. The van der Waals surface area contributed by atoms with Crippen LogP contribution in [0.1, 0.15) is 19.1 Å². The number of hydrogen-bond acceptors (Lipinski definition) is 5. The largest absolute Gasteiger partial charge is 0.469 e. The summed E-state index contributed by atoms with van der Waals surface area (Å²) in [5.41, 5.74) is 6.46. The Morgan fingerprint density at radius 2 is 2.35 bits per heavy atom. The summed E-state index contributed by atoms with van der Waals surface area (Å²) < 4.78 is 11.4. The first-order valence-corrected chi connectivity index (χ1v) is 5.49. The third kappa shape index (κ3) is 2.31. The Morgan fingerprint density at radius 3 is 2.94 bits per heavy atom. The van der Waals surface area contributed by atoms with Crippen molar-refractivity contribution in [1.82, 2.24) is 9.78 Å². The zero-order valence-electron chi connectivity index (χ0n) is 9.84. The van der Waals surface area contributed by atoms with E-state index < -0.39 is 5.76 Å². The van der Waals surface area contributed by atoms with E-state index in [2.05, 4.69) is 5.10 Å². The van der Waals surface area contributed by atoms with Crippen molar-refractivity contribution in [2.24, 2.45) is 5.73 Å². The van der Waals surface area contributed by atoms with E-state index in [-0.39, 0.29) is 11.9 Å². The summed E-state index contributed by atoms with van der Waals surface area (Å²) in [5.74, 6) is 0.437. The van der Waals surface area contributed by atoms with Crippen molar-refractivity contribution in [2.45, 2.75) is 32.9 Å². The minimum atomic E-state index is -0.496. The second kappa shape index (κ2) is 4.58. The lowest BCUT2D eigenvalue weighted by Crippen LogP contribution is -2.30. The Labute approximate surface area is 98.0 Å². The smallest absolute Gasteiger partial charge is 0.437 e. The van der Waals surface area contributed by atoms with Gasteiger partial charge in [-0.25, -0.2) is 4.79 Å². The number of nitrogens with two attached hydrogens (primary N) is 1. The van der Waals surface area contributed by atoms with Gasteiger partial charge >= 0.3 is 5.76 Å². The molecular formula is C11H15N3O3. The summed E-state index contributed by atoms with van der Waals surface area (Å²) >= 11 is 0. The van der Waals surface area contributed by atoms with E-state index in [1.54, 1.807) is 13.0 Å². The van der Waals surface area contributed by atoms with Gasteiger partial charge in [-0.1, -0.05) is 6.92 Å². The summed E-state index contributed by atoms with van der Waals surface area (Å²) in [4.78, 5) is 11.5. The molecule has 6 heteroatoms. The molecular weight excluding hydrogens is 222 g/mol. The average molecular weight is 237 g/mol. The van der Waals surface area contributed by atoms with Gasteiger partial charge in [0.1, 0.15) is 5.76 Å². The van der Waals surface area contributed by atoms with Crippen LogP contribution in [-0.4, -0.2) is 15.8 Å². The number of rotatable bonds is 4. The van der Waals surface area contributed by atoms with Crippen LogP contribution in [-0.2, 0) is 6.54 Å². The molecule has 1 atom stereocenters. The van der Waals surface area contributed by atoms with E-state index in [0.717, 1.165) is 6.42 Å². The Balaban J connectivity index is 2.31. The van der Waals surface area contributed by atoms with Crippen molar-refractivity contribution in [3.8, 4) is 11.5 Å². The van der Waals surface area contributed by atoms with Crippen molar-refractivity contribution in [1.29, 1.82) is 0 Å². The quantitative estimate of drug-likeness (QED) is 0.861. The van der Waals surface area contributed by atoms with Gasteiger partial charge in [0, 0.05) is 6.04 Å². The highest BCUT2D eigenvalue weighted by molar-refractivity contribution is 5.54. The normalized spacial score (nSPS) is 12.9. The number of aromatic nitrogens is 2. The van der Waals surface area contributed by atoms with Gasteiger partial charge in [0.2, 0.25) is 0 Å². The lowest BCUT2D eigenvalue weighted by Gasteiger charge is -2.05. The molecule has 0 fully saturated rings. The van der Waals surface area contributed by atoms with E-state index in [1.165, 1.54) is 10.9 Å². The molecule has 2 heterocycles. The molecule has 0 aromatic carbocycles. The minimum Gasteiger partial charge on any atom is -0.469 e. The third-order valence-corrected chi connectivity index (χ3v) is 2.63. The van der Waals surface area contributed by atoms with Crippen LogP contribution in [0.3, 0.4) is 0 Å². The molecule has 2 aromatic heterocycles. The number of hydrogen-bond donors (Lipinski definition) is 1. The van der Waals surface area contributed by atoms with Gasteiger partial charge in [0.15, 0.2) is 0 Å². The molecule has 0 saturated heterocycles. The van der Waals surface area contributed by atoms with Gasteiger partial charge in [-0.3, -0.25) is 0 Å². The Kier molecular flexibility index (Phi) is 3.14. The molecule has 6 nitrogen and oxygen atoms in total. The predicted octanol–water partition coefficient (Wildman–Crippen LogP) is 1.14. The maximum absolute atomic E-state index is 11.5. The zero-order valence-corrected chi connectivity index (χ0v) is 9.84. The maximum Gasteiger partial charge on any atom is 0.437 e. The van der Waals surface area contributed by atoms with Crippen molar-refractivity contribution in [3.05, 3.63) is 28.6 Å². The molecule has 0 saturated carbocycles. The van der Waals surface area contributed by atoms with E-state index in [1.807, 2.05) is 6.92 Å². The molecule has 17 heavy (non-hydrogen) atoms. The van der Waals surface area contributed by atoms with Gasteiger partial charge in [-0.2, -0.15) is 4.68 Å². The van der Waals surface area contributed by atoms with Crippen LogP contribution in [0.25, 0.3) is 11.5 Å². The Hall–Kier alpha value is -1.82. The zero-order chi connectivity index (χ0) is 12.4. The molecule has 92 valence electrons. The number of nitrogens with zero attached hydrogens (tertiary/aromatic N) is 2. The van der Waals surface area contributed by atoms with Crippen molar-refractivity contribution >= 4 is 0 Å². The molecule has 2 aromatic rings. The summed E-state index contributed by atoms with van der Waals surface area (Å²) in [6, 6.07) is 1.61. The minimum absolute atomic E-state index is 0.101. The second-order valence-electron chi connectivity index (χ2n) is 3.91. The van der Waals surface area contributed by atoms with Gasteiger partial charge < -0.3 is 14.6 Å². The molecule has 0 aliphatic heterocycles. The summed E-state index contributed by atoms with van der Waals surface area (Å²) in [7, 11) is 0. The summed E-state index contributed by atoms with van der Waals surface area (Å²) in [5, 5.41) is 4.10. The highest BCUT2D eigenvalue weighted by atomic mass is 16.4. The van der Waals surface area contributed by atoms with E-state index in [9.17, 15) is 4.79 Å². The molecule has 0 spiro atoms. The first-order valence-electron chi connectivity index (χ1n) is 5.49. The number of furan rings is 1. The lowest BCUT2D eigenvalue weighted by atomic mass is 10.2. The van der Waals surface area contributed by atoms with Crippen LogP contribution in [0.2, 0.25) is 0 Å². The fourth-order valence-electron chi connectivity index (χ4n) is 1.49. The fraction of sp³-hybridized carbons (Fsp3) is 0.455. The van der Waals surface area contributed by atoms with Crippen LogP contribution in [0.15, 0.2) is 26.0 Å².